The molecule has 0 saturated carbocycles. The Hall–Kier alpha value is -3.34. The number of carbonyl (C=O) groups is 2. The number of rotatable bonds is 6. The van der Waals surface area contributed by atoms with Crippen molar-refractivity contribution >= 4 is 39.6 Å². The molecule has 0 saturated heterocycles. The molecule has 1 N–H and O–H groups in total. The number of fused-ring (bicyclic) bond motifs is 1. The lowest BCUT2D eigenvalue weighted by atomic mass is 9.88. The van der Waals surface area contributed by atoms with Gasteiger partial charge in [0.1, 0.15) is 5.00 Å². The largest absolute Gasteiger partial charge is 0.462 e. The molecule has 11 heteroatoms. The Kier molecular flexibility index (Phi) is 6.11. The minimum Gasteiger partial charge on any atom is -0.462 e. The standard InChI is InChI=1S/C19H19N3O7S/c1-3-29-19(24)16-14-5-4-10(2)6-15(14)30-18(16)20-17(23)11-7-12(21(25)26)9-13(8-11)22(27)28/h7-10H,3-6H2,1-2H3,(H,20,23). The summed E-state index contributed by atoms with van der Waals surface area (Å²) in [5.41, 5.74) is -0.252. The van der Waals surface area contributed by atoms with Crippen molar-refractivity contribution < 1.29 is 24.2 Å². The topological polar surface area (TPSA) is 142 Å². The zero-order valence-corrected chi connectivity index (χ0v) is 17.1. The smallest absolute Gasteiger partial charge is 0.341 e. The van der Waals surface area contributed by atoms with E-state index in [2.05, 4.69) is 12.2 Å². The number of ether oxygens (including phenoxy) is 1. The summed E-state index contributed by atoms with van der Waals surface area (Å²) in [4.78, 5) is 46.8. The maximum atomic E-state index is 12.8. The van der Waals surface area contributed by atoms with Crippen LogP contribution in [0.25, 0.3) is 0 Å². The van der Waals surface area contributed by atoms with Crippen molar-refractivity contribution in [1.29, 1.82) is 0 Å². The minimum absolute atomic E-state index is 0.171. The first kappa shape index (κ1) is 21.4. The Bertz CT molecular complexity index is 1010. The summed E-state index contributed by atoms with van der Waals surface area (Å²) < 4.78 is 5.15. The predicted molar refractivity (Wildman–Crippen MR) is 109 cm³/mol. The van der Waals surface area contributed by atoms with E-state index in [4.69, 9.17) is 4.74 Å². The maximum Gasteiger partial charge on any atom is 0.341 e. The number of thiophene rings is 1. The van der Waals surface area contributed by atoms with E-state index >= 15 is 0 Å². The van der Waals surface area contributed by atoms with Crippen molar-refractivity contribution in [2.75, 3.05) is 11.9 Å². The molecule has 1 heterocycles. The number of nitro groups is 2. The molecule has 1 aliphatic rings. The molecule has 1 aliphatic carbocycles. The predicted octanol–water partition coefficient (Wildman–Crippen LogP) is 4.12. The second-order valence-electron chi connectivity index (χ2n) is 6.98. The molecule has 1 aromatic heterocycles. The Morgan fingerprint density at radius 2 is 1.83 bits per heavy atom. The Labute approximate surface area is 175 Å². The normalized spacial score (nSPS) is 15.2. The first-order valence-electron chi connectivity index (χ1n) is 9.28. The Balaban J connectivity index is 2.00. The van der Waals surface area contributed by atoms with Gasteiger partial charge in [-0.1, -0.05) is 6.92 Å². The van der Waals surface area contributed by atoms with Gasteiger partial charge < -0.3 is 10.1 Å². The van der Waals surface area contributed by atoms with E-state index in [1.54, 1.807) is 6.92 Å². The van der Waals surface area contributed by atoms with Gasteiger partial charge in [-0.25, -0.2) is 4.79 Å². The van der Waals surface area contributed by atoms with Gasteiger partial charge in [0.2, 0.25) is 0 Å². The van der Waals surface area contributed by atoms with Crippen molar-refractivity contribution in [3.8, 4) is 0 Å². The van der Waals surface area contributed by atoms with Crippen molar-refractivity contribution in [1.82, 2.24) is 0 Å². The number of nitro benzene ring substituents is 2. The second-order valence-corrected chi connectivity index (χ2v) is 8.09. The average Bonchev–Trinajstić information content (AvgIpc) is 3.04. The van der Waals surface area contributed by atoms with Crippen LogP contribution >= 0.6 is 11.3 Å². The van der Waals surface area contributed by atoms with Crippen LogP contribution in [0.3, 0.4) is 0 Å². The number of nitrogens with one attached hydrogen (secondary N) is 1. The van der Waals surface area contributed by atoms with Gasteiger partial charge in [0.05, 0.1) is 33.6 Å². The summed E-state index contributed by atoms with van der Waals surface area (Å²) >= 11 is 1.26. The van der Waals surface area contributed by atoms with E-state index in [9.17, 15) is 29.8 Å². The molecule has 1 atom stereocenters. The van der Waals surface area contributed by atoms with Crippen LogP contribution in [0.2, 0.25) is 0 Å². The zero-order chi connectivity index (χ0) is 22.0. The maximum absolute atomic E-state index is 12.8. The highest BCUT2D eigenvalue weighted by Gasteiger charge is 2.30. The number of hydrogen-bond acceptors (Lipinski definition) is 8. The van der Waals surface area contributed by atoms with Crippen LogP contribution in [0.4, 0.5) is 16.4 Å². The van der Waals surface area contributed by atoms with Gasteiger partial charge in [0.15, 0.2) is 0 Å². The van der Waals surface area contributed by atoms with Gasteiger partial charge in [-0.15, -0.1) is 11.3 Å². The number of esters is 1. The second kappa shape index (κ2) is 8.57. The third-order valence-corrected chi connectivity index (χ3v) is 5.97. The highest BCUT2D eigenvalue weighted by Crippen LogP contribution is 2.40. The van der Waals surface area contributed by atoms with Gasteiger partial charge in [-0.05, 0) is 37.7 Å². The number of anilines is 1. The molecule has 1 amide bonds. The molecular formula is C19H19N3O7S. The molecule has 0 radical (unpaired) electrons. The molecular weight excluding hydrogens is 414 g/mol. The Morgan fingerprint density at radius 3 is 2.40 bits per heavy atom. The lowest BCUT2D eigenvalue weighted by Gasteiger charge is -2.18. The SMILES string of the molecule is CCOC(=O)c1c(NC(=O)c2cc([N+](=O)[O-])cc([N+](=O)[O-])c2)sc2c1CCC(C)C2. The third-order valence-electron chi connectivity index (χ3n) is 4.80. The van der Waals surface area contributed by atoms with E-state index in [0.29, 0.717) is 12.3 Å². The monoisotopic (exact) mass is 433 g/mol. The molecule has 1 aromatic carbocycles. The van der Waals surface area contributed by atoms with E-state index in [-0.39, 0.29) is 22.7 Å². The van der Waals surface area contributed by atoms with E-state index in [1.807, 2.05) is 0 Å². The van der Waals surface area contributed by atoms with Gasteiger partial charge >= 0.3 is 5.97 Å². The number of amides is 1. The fraction of sp³-hybridized carbons (Fsp3) is 0.368. The minimum atomic E-state index is -0.806. The fourth-order valence-corrected chi connectivity index (χ4v) is 4.76. The van der Waals surface area contributed by atoms with E-state index < -0.39 is 33.1 Å². The molecule has 10 nitrogen and oxygen atoms in total. The highest BCUT2D eigenvalue weighted by atomic mass is 32.1. The lowest BCUT2D eigenvalue weighted by Crippen LogP contribution is -2.17. The summed E-state index contributed by atoms with van der Waals surface area (Å²) in [7, 11) is 0. The van der Waals surface area contributed by atoms with Crippen LogP contribution in [0.15, 0.2) is 18.2 Å². The number of hydrogen-bond donors (Lipinski definition) is 1. The van der Waals surface area contributed by atoms with Crippen molar-refractivity contribution in [2.24, 2.45) is 5.92 Å². The van der Waals surface area contributed by atoms with Crippen LogP contribution in [-0.2, 0) is 17.6 Å². The number of carbonyl (C=O) groups excluding carboxylic acids is 2. The van der Waals surface area contributed by atoms with Crippen LogP contribution in [0, 0.1) is 26.1 Å². The van der Waals surface area contributed by atoms with Crippen LogP contribution in [0.1, 0.15) is 51.4 Å². The number of non-ortho nitro benzene ring substituents is 2. The first-order chi connectivity index (χ1) is 14.2. The zero-order valence-electron chi connectivity index (χ0n) is 16.3. The summed E-state index contributed by atoms with van der Waals surface area (Å²) in [5, 5.41) is 25.0. The fourth-order valence-electron chi connectivity index (χ4n) is 3.37. The number of benzene rings is 1. The van der Waals surface area contributed by atoms with Crippen molar-refractivity contribution in [3.63, 3.8) is 0 Å². The molecule has 0 bridgehead atoms. The average molecular weight is 433 g/mol. The van der Waals surface area contributed by atoms with Gasteiger partial charge in [-0.3, -0.25) is 25.0 Å². The summed E-state index contributed by atoms with van der Waals surface area (Å²) in [5.74, 6) is -0.891. The summed E-state index contributed by atoms with van der Waals surface area (Å²) in [6, 6.07) is 2.70. The van der Waals surface area contributed by atoms with Crippen molar-refractivity contribution in [2.45, 2.75) is 33.1 Å². The molecule has 0 spiro atoms. The number of nitrogens with zero attached hydrogens (tertiary/aromatic N) is 2. The highest BCUT2D eigenvalue weighted by molar-refractivity contribution is 7.17. The molecule has 1 unspecified atom stereocenters. The quantitative estimate of drug-likeness (QED) is 0.410. The van der Waals surface area contributed by atoms with E-state index in [1.165, 1.54) is 11.3 Å². The van der Waals surface area contributed by atoms with Crippen molar-refractivity contribution in [3.05, 3.63) is 60.0 Å². The molecule has 0 aliphatic heterocycles. The lowest BCUT2D eigenvalue weighted by molar-refractivity contribution is -0.394. The van der Waals surface area contributed by atoms with Crippen LogP contribution < -0.4 is 5.32 Å². The van der Waals surface area contributed by atoms with Gasteiger partial charge in [-0.2, -0.15) is 0 Å². The Morgan fingerprint density at radius 1 is 1.20 bits per heavy atom. The van der Waals surface area contributed by atoms with Gasteiger partial charge in [0.25, 0.3) is 17.3 Å². The first-order valence-corrected chi connectivity index (χ1v) is 10.1. The van der Waals surface area contributed by atoms with Gasteiger partial charge in [0, 0.05) is 17.0 Å². The molecule has 158 valence electrons. The molecule has 2 aromatic rings. The summed E-state index contributed by atoms with van der Waals surface area (Å²) in [6.45, 7) is 3.96. The molecule has 3 rings (SSSR count). The van der Waals surface area contributed by atoms with Crippen LogP contribution in [0.5, 0.6) is 0 Å². The third kappa shape index (κ3) is 4.30. The van der Waals surface area contributed by atoms with E-state index in [0.717, 1.165) is 41.5 Å². The molecule has 30 heavy (non-hydrogen) atoms. The summed E-state index contributed by atoms with van der Waals surface area (Å²) in [6.07, 6.45) is 2.35. The molecule has 0 fully saturated rings. The van der Waals surface area contributed by atoms with Crippen LogP contribution in [-0.4, -0.2) is 28.3 Å².